The molecule has 2 rings (SSSR count). The fourth-order valence-corrected chi connectivity index (χ4v) is 3.41. The lowest BCUT2D eigenvalue weighted by Crippen LogP contribution is -2.37. The quantitative estimate of drug-likeness (QED) is 0.158. The topological polar surface area (TPSA) is 64.1 Å². The molecule has 2 aromatic rings. The molecule has 0 amide bonds. The minimum atomic E-state index is 0. The van der Waals surface area contributed by atoms with E-state index < -0.39 is 0 Å². The first kappa shape index (κ1) is 25.5. The lowest BCUT2D eigenvalue weighted by atomic mass is 10.2. The number of nitrogens with zero attached hydrogens (tertiary/aromatic N) is 1. The lowest BCUT2D eigenvalue weighted by Gasteiger charge is -2.16. The zero-order valence-corrected chi connectivity index (χ0v) is 20.9. The fraction of sp³-hybridized carbons (Fsp3) is 0.350. The van der Waals surface area contributed by atoms with Crippen LogP contribution in [-0.4, -0.2) is 46.6 Å². The van der Waals surface area contributed by atoms with E-state index in [9.17, 15) is 0 Å². The summed E-state index contributed by atoms with van der Waals surface area (Å²) < 4.78 is 16.1. The zero-order valence-electron chi connectivity index (χ0n) is 17.0. The monoisotopic (exact) mass is 551 g/mol. The number of ether oxygens (including phenoxy) is 3. The van der Waals surface area contributed by atoms with E-state index in [4.69, 9.17) is 25.8 Å². The Hall–Kier alpha value is -1.52. The first-order valence-corrected chi connectivity index (χ1v) is 10.1. The molecular weight excluding hydrogens is 525 g/mol. The van der Waals surface area contributed by atoms with Crippen LogP contribution in [0, 0.1) is 0 Å². The molecule has 29 heavy (non-hydrogen) atoms. The van der Waals surface area contributed by atoms with Crippen LogP contribution in [0.3, 0.4) is 0 Å². The second-order valence-corrected chi connectivity index (χ2v) is 7.29. The number of methoxy groups -OCH3 is 3. The van der Waals surface area contributed by atoms with Crippen molar-refractivity contribution in [1.29, 1.82) is 0 Å². The van der Waals surface area contributed by atoms with E-state index in [0.717, 1.165) is 28.8 Å². The largest absolute Gasteiger partial charge is 0.493 e. The van der Waals surface area contributed by atoms with Crippen molar-refractivity contribution in [3.8, 4) is 17.2 Å². The molecule has 0 aliphatic heterocycles. The summed E-state index contributed by atoms with van der Waals surface area (Å²) in [6, 6.07) is 11.7. The molecule has 9 heteroatoms. The average Bonchev–Trinajstić information content (AvgIpc) is 2.73. The third kappa shape index (κ3) is 8.02. The standard InChI is InChI=1S/C20H26ClN3O3S.HI/c1-22-20(23-9-10-28-16-7-5-15(21)6-8-16)24-13-14-11-17(25-2)19(27-4)18(12-14)26-3;/h5-8,11-12H,9-10,13H2,1-4H3,(H2,22,23,24);1H. The molecule has 0 radical (unpaired) electrons. The summed E-state index contributed by atoms with van der Waals surface area (Å²) in [5, 5.41) is 7.35. The summed E-state index contributed by atoms with van der Waals surface area (Å²) >= 11 is 7.66. The van der Waals surface area contributed by atoms with Gasteiger partial charge in [-0.15, -0.1) is 35.7 Å². The Balaban J connectivity index is 0.00000420. The van der Waals surface area contributed by atoms with Gasteiger partial charge in [0.15, 0.2) is 17.5 Å². The number of guanidine groups is 1. The van der Waals surface area contributed by atoms with Crippen molar-refractivity contribution in [2.45, 2.75) is 11.4 Å². The Kier molecular flexibility index (Phi) is 12.0. The van der Waals surface area contributed by atoms with E-state index in [1.54, 1.807) is 40.1 Å². The van der Waals surface area contributed by atoms with Crippen LogP contribution in [0.1, 0.15) is 5.56 Å². The molecule has 0 aliphatic rings. The van der Waals surface area contributed by atoms with Gasteiger partial charge in [-0.3, -0.25) is 4.99 Å². The molecule has 160 valence electrons. The maximum Gasteiger partial charge on any atom is 0.203 e. The number of hydrogen-bond acceptors (Lipinski definition) is 5. The van der Waals surface area contributed by atoms with Crippen LogP contribution >= 0.6 is 47.3 Å². The van der Waals surface area contributed by atoms with Gasteiger partial charge in [-0.25, -0.2) is 0 Å². The van der Waals surface area contributed by atoms with Crippen LogP contribution in [0.15, 0.2) is 46.3 Å². The molecule has 6 nitrogen and oxygen atoms in total. The highest BCUT2D eigenvalue weighted by Crippen LogP contribution is 2.38. The molecule has 0 spiro atoms. The van der Waals surface area contributed by atoms with Gasteiger partial charge in [0.05, 0.1) is 21.3 Å². The highest BCUT2D eigenvalue weighted by Gasteiger charge is 2.13. The highest BCUT2D eigenvalue weighted by molar-refractivity contribution is 14.0. The van der Waals surface area contributed by atoms with E-state index in [2.05, 4.69) is 15.6 Å². The van der Waals surface area contributed by atoms with Crippen molar-refractivity contribution in [3.63, 3.8) is 0 Å². The van der Waals surface area contributed by atoms with Crippen molar-refractivity contribution in [2.24, 2.45) is 4.99 Å². The number of nitrogens with one attached hydrogen (secondary N) is 2. The minimum Gasteiger partial charge on any atom is -0.493 e. The first-order chi connectivity index (χ1) is 13.6. The van der Waals surface area contributed by atoms with Crippen molar-refractivity contribution in [2.75, 3.05) is 40.7 Å². The number of hydrogen-bond donors (Lipinski definition) is 2. The van der Waals surface area contributed by atoms with Gasteiger partial charge >= 0.3 is 0 Å². The van der Waals surface area contributed by atoms with Gasteiger partial charge in [-0.05, 0) is 42.0 Å². The summed E-state index contributed by atoms with van der Waals surface area (Å²) in [5.74, 6) is 3.47. The maximum absolute atomic E-state index is 5.91. The van der Waals surface area contributed by atoms with Gasteiger partial charge in [0.25, 0.3) is 0 Å². The molecule has 0 aromatic heterocycles. The third-order valence-corrected chi connectivity index (χ3v) is 5.15. The van der Waals surface area contributed by atoms with Gasteiger partial charge in [0.1, 0.15) is 0 Å². The third-order valence-electron chi connectivity index (χ3n) is 3.88. The van der Waals surface area contributed by atoms with Gasteiger partial charge in [0, 0.05) is 35.8 Å². The van der Waals surface area contributed by atoms with Crippen molar-refractivity contribution >= 4 is 53.3 Å². The van der Waals surface area contributed by atoms with Gasteiger partial charge in [0.2, 0.25) is 5.75 Å². The van der Waals surface area contributed by atoms with Crippen LogP contribution in [-0.2, 0) is 6.54 Å². The summed E-state index contributed by atoms with van der Waals surface area (Å²) in [7, 11) is 6.55. The molecule has 0 heterocycles. The van der Waals surface area contributed by atoms with E-state index in [1.807, 2.05) is 36.4 Å². The van der Waals surface area contributed by atoms with Crippen LogP contribution < -0.4 is 24.8 Å². The summed E-state index contributed by atoms with van der Waals surface area (Å²) in [6.45, 7) is 1.35. The molecular formula is C20H27ClIN3O3S. The Morgan fingerprint density at radius 1 is 1.00 bits per heavy atom. The van der Waals surface area contributed by atoms with Gasteiger partial charge in [-0.1, -0.05) is 11.6 Å². The molecule has 0 saturated carbocycles. The molecule has 0 atom stereocenters. The van der Waals surface area contributed by atoms with E-state index in [-0.39, 0.29) is 24.0 Å². The molecule has 0 fully saturated rings. The molecule has 2 N–H and O–H groups in total. The van der Waals surface area contributed by atoms with Crippen LogP contribution in [0.25, 0.3) is 0 Å². The van der Waals surface area contributed by atoms with Crippen LogP contribution in [0.2, 0.25) is 5.02 Å². The maximum atomic E-state index is 5.91. The summed E-state index contributed by atoms with van der Waals surface area (Å²) in [4.78, 5) is 5.45. The van der Waals surface area contributed by atoms with Crippen molar-refractivity contribution in [1.82, 2.24) is 10.6 Å². The number of aliphatic imine (C=N–C) groups is 1. The Morgan fingerprint density at radius 2 is 1.62 bits per heavy atom. The van der Waals surface area contributed by atoms with Crippen molar-refractivity contribution in [3.05, 3.63) is 47.0 Å². The Bertz CT molecular complexity index is 766. The Morgan fingerprint density at radius 3 is 2.14 bits per heavy atom. The smallest absolute Gasteiger partial charge is 0.203 e. The number of rotatable bonds is 9. The van der Waals surface area contributed by atoms with E-state index in [1.165, 1.54) is 4.90 Å². The van der Waals surface area contributed by atoms with Gasteiger partial charge in [-0.2, -0.15) is 0 Å². The second-order valence-electron chi connectivity index (χ2n) is 5.69. The molecule has 0 saturated heterocycles. The zero-order chi connectivity index (χ0) is 20.4. The molecule has 0 unspecified atom stereocenters. The van der Waals surface area contributed by atoms with E-state index >= 15 is 0 Å². The van der Waals surface area contributed by atoms with Gasteiger partial charge < -0.3 is 24.8 Å². The average molecular weight is 552 g/mol. The minimum absolute atomic E-state index is 0. The first-order valence-electron chi connectivity index (χ1n) is 8.73. The van der Waals surface area contributed by atoms with Crippen molar-refractivity contribution < 1.29 is 14.2 Å². The van der Waals surface area contributed by atoms with Crippen LogP contribution in [0.4, 0.5) is 0 Å². The Labute approximate surface area is 198 Å². The molecule has 2 aromatic carbocycles. The normalized spacial score (nSPS) is 10.7. The second kappa shape index (κ2) is 13.7. The predicted molar refractivity (Wildman–Crippen MR) is 132 cm³/mol. The van der Waals surface area contributed by atoms with Crippen LogP contribution in [0.5, 0.6) is 17.2 Å². The lowest BCUT2D eigenvalue weighted by molar-refractivity contribution is 0.323. The SMILES string of the molecule is CN=C(NCCSc1ccc(Cl)cc1)NCc1cc(OC)c(OC)c(OC)c1.I. The number of thioether (sulfide) groups is 1. The summed E-state index contributed by atoms with van der Waals surface area (Å²) in [5.41, 5.74) is 0.994. The number of halogens is 2. The highest BCUT2D eigenvalue weighted by atomic mass is 127. The fourth-order valence-electron chi connectivity index (χ4n) is 2.51. The van der Waals surface area contributed by atoms with E-state index in [0.29, 0.717) is 23.8 Å². The predicted octanol–water partition coefficient (Wildman–Crippen LogP) is 4.44. The number of benzene rings is 2. The summed E-state index contributed by atoms with van der Waals surface area (Å²) in [6.07, 6.45) is 0. The molecule has 0 bridgehead atoms. The molecule has 0 aliphatic carbocycles.